The maximum absolute atomic E-state index is 9.75. The zero-order chi connectivity index (χ0) is 13.0. The van der Waals surface area contributed by atoms with Crippen molar-refractivity contribution >= 4 is 0 Å². The molecule has 0 bridgehead atoms. The Morgan fingerprint density at radius 1 is 1.06 bits per heavy atom. The van der Waals surface area contributed by atoms with Crippen LogP contribution in [-0.2, 0) is 0 Å². The van der Waals surface area contributed by atoms with Gasteiger partial charge >= 0.3 is 0 Å². The summed E-state index contributed by atoms with van der Waals surface area (Å²) in [4.78, 5) is 0. The highest BCUT2D eigenvalue weighted by atomic mass is 16.3. The van der Waals surface area contributed by atoms with Gasteiger partial charge in [-0.2, -0.15) is 0 Å². The molecule has 0 spiro atoms. The molecule has 2 fully saturated rings. The van der Waals surface area contributed by atoms with Gasteiger partial charge in [0.05, 0.1) is 0 Å². The second-order valence-electron chi connectivity index (χ2n) is 6.97. The first-order valence-corrected chi connectivity index (χ1v) is 8.01. The fourth-order valence-electron chi connectivity index (χ4n) is 3.91. The molecule has 2 nitrogen and oxygen atoms in total. The standard InChI is InChI=1S/C16H31NO/c1-13-7-6-8-15(14(13)2)17-11-16(12-18)9-4-3-5-10-16/h13-15,17-18H,3-12H2,1-2H3. The fourth-order valence-corrected chi connectivity index (χ4v) is 3.91. The highest BCUT2D eigenvalue weighted by Crippen LogP contribution is 2.36. The van der Waals surface area contributed by atoms with Crippen LogP contribution in [0.4, 0.5) is 0 Å². The fraction of sp³-hybridized carbons (Fsp3) is 1.00. The molecule has 2 aliphatic carbocycles. The number of rotatable bonds is 4. The third kappa shape index (κ3) is 3.27. The molecule has 106 valence electrons. The minimum absolute atomic E-state index is 0.193. The van der Waals surface area contributed by atoms with Crippen LogP contribution in [-0.4, -0.2) is 24.3 Å². The van der Waals surface area contributed by atoms with Gasteiger partial charge in [-0.05, 0) is 31.1 Å². The van der Waals surface area contributed by atoms with Crippen LogP contribution in [0.2, 0.25) is 0 Å². The van der Waals surface area contributed by atoms with Crippen molar-refractivity contribution in [3.05, 3.63) is 0 Å². The third-order valence-corrected chi connectivity index (χ3v) is 5.70. The lowest BCUT2D eigenvalue weighted by Gasteiger charge is -2.40. The average Bonchev–Trinajstić information content (AvgIpc) is 2.41. The van der Waals surface area contributed by atoms with Crippen LogP contribution in [0.5, 0.6) is 0 Å². The average molecular weight is 253 g/mol. The molecule has 0 aromatic heterocycles. The summed E-state index contributed by atoms with van der Waals surface area (Å²) in [5.74, 6) is 1.64. The highest BCUT2D eigenvalue weighted by Gasteiger charge is 2.33. The van der Waals surface area contributed by atoms with Crippen LogP contribution in [0.25, 0.3) is 0 Å². The maximum atomic E-state index is 9.75. The molecule has 0 aromatic rings. The minimum atomic E-state index is 0.193. The van der Waals surface area contributed by atoms with Gasteiger partial charge in [0.1, 0.15) is 0 Å². The molecule has 18 heavy (non-hydrogen) atoms. The molecule has 2 saturated carbocycles. The Kier molecular flexibility index (Phi) is 5.08. The Morgan fingerprint density at radius 2 is 1.78 bits per heavy atom. The molecule has 0 saturated heterocycles. The molecule has 0 heterocycles. The Balaban J connectivity index is 1.85. The topological polar surface area (TPSA) is 32.3 Å². The van der Waals surface area contributed by atoms with Crippen molar-refractivity contribution in [2.45, 2.75) is 71.3 Å². The molecule has 2 N–H and O–H groups in total. The molecular formula is C16H31NO. The molecule has 3 unspecified atom stereocenters. The molecule has 2 heteroatoms. The SMILES string of the molecule is CC1CCCC(NCC2(CO)CCCCC2)C1C. The number of aliphatic hydroxyl groups excluding tert-OH is 1. The molecule has 0 amide bonds. The number of hydrogen-bond donors (Lipinski definition) is 2. The van der Waals surface area contributed by atoms with E-state index in [4.69, 9.17) is 0 Å². The zero-order valence-corrected chi connectivity index (χ0v) is 12.3. The minimum Gasteiger partial charge on any atom is -0.396 e. The summed E-state index contributed by atoms with van der Waals surface area (Å²) in [6.07, 6.45) is 10.5. The van der Waals surface area contributed by atoms with Gasteiger partial charge in [-0.3, -0.25) is 0 Å². The molecule has 2 rings (SSSR count). The quantitative estimate of drug-likeness (QED) is 0.805. The van der Waals surface area contributed by atoms with Crippen LogP contribution in [0.3, 0.4) is 0 Å². The van der Waals surface area contributed by atoms with Gasteiger partial charge in [0, 0.05) is 24.6 Å². The van der Waals surface area contributed by atoms with Gasteiger partial charge in [-0.25, -0.2) is 0 Å². The third-order valence-electron chi connectivity index (χ3n) is 5.70. The van der Waals surface area contributed by atoms with E-state index in [9.17, 15) is 5.11 Å². The molecule has 2 aliphatic rings. The first-order valence-electron chi connectivity index (χ1n) is 8.01. The summed E-state index contributed by atoms with van der Waals surface area (Å²) >= 11 is 0. The molecular weight excluding hydrogens is 222 g/mol. The lowest BCUT2D eigenvalue weighted by Crippen LogP contribution is -2.47. The molecule has 0 aliphatic heterocycles. The van der Waals surface area contributed by atoms with Crippen molar-refractivity contribution in [3.8, 4) is 0 Å². The number of hydrogen-bond acceptors (Lipinski definition) is 2. The zero-order valence-electron chi connectivity index (χ0n) is 12.3. The van der Waals surface area contributed by atoms with Gasteiger partial charge in [0.15, 0.2) is 0 Å². The largest absolute Gasteiger partial charge is 0.396 e. The molecule has 3 atom stereocenters. The molecule has 0 aromatic carbocycles. The van der Waals surface area contributed by atoms with E-state index in [2.05, 4.69) is 19.2 Å². The van der Waals surface area contributed by atoms with Crippen LogP contribution in [0, 0.1) is 17.3 Å². The predicted molar refractivity (Wildman–Crippen MR) is 76.6 cm³/mol. The van der Waals surface area contributed by atoms with E-state index in [1.165, 1.54) is 51.4 Å². The van der Waals surface area contributed by atoms with Crippen LogP contribution in [0.15, 0.2) is 0 Å². The summed E-state index contributed by atoms with van der Waals surface area (Å²) in [5, 5.41) is 13.6. The highest BCUT2D eigenvalue weighted by molar-refractivity contribution is 4.88. The van der Waals surface area contributed by atoms with Gasteiger partial charge in [0.25, 0.3) is 0 Å². The summed E-state index contributed by atoms with van der Waals surface area (Å²) in [5.41, 5.74) is 0.193. The summed E-state index contributed by atoms with van der Waals surface area (Å²) in [6.45, 7) is 6.19. The second kappa shape index (κ2) is 6.38. The second-order valence-corrected chi connectivity index (χ2v) is 6.97. The Hall–Kier alpha value is -0.0800. The van der Waals surface area contributed by atoms with E-state index < -0.39 is 0 Å². The Labute approximate surface area is 113 Å². The summed E-state index contributed by atoms with van der Waals surface area (Å²) < 4.78 is 0. The predicted octanol–water partition coefficient (Wildman–Crippen LogP) is 3.34. The van der Waals surface area contributed by atoms with Crippen molar-refractivity contribution < 1.29 is 5.11 Å². The van der Waals surface area contributed by atoms with E-state index in [0.29, 0.717) is 12.6 Å². The molecule has 0 radical (unpaired) electrons. The van der Waals surface area contributed by atoms with Crippen molar-refractivity contribution in [3.63, 3.8) is 0 Å². The van der Waals surface area contributed by atoms with Crippen molar-refractivity contribution in [2.24, 2.45) is 17.3 Å². The summed E-state index contributed by atoms with van der Waals surface area (Å²) in [6, 6.07) is 0.680. The number of nitrogens with one attached hydrogen (secondary N) is 1. The first-order chi connectivity index (χ1) is 8.67. The van der Waals surface area contributed by atoms with E-state index >= 15 is 0 Å². The van der Waals surface area contributed by atoms with E-state index in [1.807, 2.05) is 0 Å². The van der Waals surface area contributed by atoms with Crippen molar-refractivity contribution in [1.82, 2.24) is 5.32 Å². The van der Waals surface area contributed by atoms with Crippen molar-refractivity contribution in [1.29, 1.82) is 0 Å². The lowest BCUT2D eigenvalue weighted by atomic mass is 9.73. The lowest BCUT2D eigenvalue weighted by molar-refractivity contribution is 0.0704. The Bertz CT molecular complexity index is 247. The van der Waals surface area contributed by atoms with Crippen molar-refractivity contribution in [2.75, 3.05) is 13.2 Å². The number of aliphatic hydroxyl groups is 1. The van der Waals surface area contributed by atoms with Gasteiger partial charge in [0.2, 0.25) is 0 Å². The van der Waals surface area contributed by atoms with Gasteiger partial charge < -0.3 is 10.4 Å². The maximum Gasteiger partial charge on any atom is 0.0499 e. The van der Waals surface area contributed by atoms with Gasteiger partial charge in [-0.15, -0.1) is 0 Å². The van der Waals surface area contributed by atoms with Crippen LogP contribution >= 0.6 is 0 Å². The monoisotopic (exact) mass is 253 g/mol. The first kappa shape index (κ1) is 14.3. The van der Waals surface area contributed by atoms with Crippen LogP contribution < -0.4 is 5.32 Å². The van der Waals surface area contributed by atoms with E-state index in [1.54, 1.807) is 0 Å². The van der Waals surface area contributed by atoms with E-state index in [-0.39, 0.29) is 5.41 Å². The van der Waals surface area contributed by atoms with Crippen LogP contribution in [0.1, 0.15) is 65.2 Å². The van der Waals surface area contributed by atoms with Gasteiger partial charge in [-0.1, -0.05) is 46.0 Å². The van der Waals surface area contributed by atoms with E-state index in [0.717, 1.165) is 18.4 Å². The normalized spacial score (nSPS) is 36.5. The smallest absolute Gasteiger partial charge is 0.0499 e. The summed E-state index contributed by atoms with van der Waals surface area (Å²) in [7, 11) is 0. The Morgan fingerprint density at radius 3 is 2.44 bits per heavy atom.